The normalized spacial score (nSPS) is 10.0. The molecular weight excluding hydrogens is 276 g/mol. The largest absolute Gasteiger partial charge is 0.451 e. The van der Waals surface area contributed by atoms with Gasteiger partial charge in [0.15, 0.2) is 17.4 Å². The van der Waals surface area contributed by atoms with Crippen molar-refractivity contribution in [3.63, 3.8) is 0 Å². The summed E-state index contributed by atoms with van der Waals surface area (Å²) in [6.45, 7) is 3.36. The molecule has 0 radical (unpaired) electrons. The maximum atomic E-state index is 13.8. The van der Waals surface area contributed by atoms with Gasteiger partial charge in [-0.05, 0) is 49.2 Å². The minimum Gasteiger partial charge on any atom is -0.451 e. The maximum absolute atomic E-state index is 13.8. The Bertz CT molecular complexity index is 717. The molecule has 0 amide bonds. The topological polar surface area (TPSA) is 50.1 Å². The van der Waals surface area contributed by atoms with Crippen LogP contribution in [0.2, 0.25) is 0 Å². The summed E-state index contributed by atoms with van der Waals surface area (Å²) in [4.78, 5) is 10.6. The van der Waals surface area contributed by atoms with Crippen LogP contribution >= 0.6 is 0 Å². The molecule has 21 heavy (non-hydrogen) atoms. The number of aryl methyl sites for hydroxylation is 2. The van der Waals surface area contributed by atoms with E-state index in [9.17, 15) is 13.6 Å². The summed E-state index contributed by atoms with van der Waals surface area (Å²) in [5.41, 5.74) is 1.51. The van der Waals surface area contributed by atoms with E-state index in [1.54, 1.807) is 26.0 Å². The van der Waals surface area contributed by atoms with E-state index < -0.39 is 17.4 Å². The minimum absolute atomic E-state index is 0.106. The first-order valence-electron chi connectivity index (χ1n) is 6.09. The van der Waals surface area contributed by atoms with E-state index in [1.165, 1.54) is 0 Å². The number of carbonyl (C=O) groups is 1. The lowest BCUT2D eigenvalue weighted by atomic mass is 10.1. The zero-order valence-corrected chi connectivity index (χ0v) is 11.4. The van der Waals surface area contributed by atoms with Crippen LogP contribution in [-0.4, -0.2) is 6.29 Å². The standard InChI is InChI=1S/C16H11F2NO2/c1-9-3-11(7-19)4-10(2)15(9)21-16-13(17)5-12(8-20)6-14(16)18/h3-6,8H,1-2H3. The predicted molar refractivity (Wildman–Crippen MR) is 72.5 cm³/mol. The quantitative estimate of drug-likeness (QED) is 0.800. The van der Waals surface area contributed by atoms with Gasteiger partial charge in [0.2, 0.25) is 0 Å². The van der Waals surface area contributed by atoms with Gasteiger partial charge in [-0.1, -0.05) is 0 Å². The van der Waals surface area contributed by atoms with Gasteiger partial charge in [-0.15, -0.1) is 0 Å². The molecule has 0 saturated carbocycles. The Labute approximate surface area is 120 Å². The number of aldehydes is 1. The van der Waals surface area contributed by atoms with Crippen molar-refractivity contribution in [3.05, 3.63) is 58.2 Å². The van der Waals surface area contributed by atoms with Crippen molar-refractivity contribution >= 4 is 6.29 Å². The van der Waals surface area contributed by atoms with E-state index in [0.717, 1.165) is 12.1 Å². The molecule has 0 aliphatic heterocycles. The highest BCUT2D eigenvalue weighted by atomic mass is 19.1. The zero-order chi connectivity index (χ0) is 15.6. The molecule has 0 saturated heterocycles. The molecule has 0 aliphatic carbocycles. The van der Waals surface area contributed by atoms with Crippen molar-refractivity contribution in [1.82, 2.24) is 0 Å². The molecule has 0 fully saturated rings. The molecule has 2 aromatic rings. The molecular formula is C16H11F2NO2. The van der Waals surface area contributed by atoms with E-state index in [0.29, 0.717) is 23.0 Å². The molecule has 0 N–H and O–H groups in total. The molecule has 0 spiro atoms. The molecule has 0 aliphatic rings. The number of rotatable bonds is 3. The van der Waals surface area contributed by atoms with E-state index in [4.69, 9.17) is 10.00 Å². The van der Waals surface area contributed by atoms with Gasteiger partial charge < -0.3 is 4.74 Å². The van der Waals surface area contributed by atoms with Crippen LogP contribution in [-0.2, 0) is 0 Å². The van der Waals surface area contributed by atoms with Crippen LogP contribution in [0.4, 0.5) is 8.78 Å². The summed E-state index contributed by atoms with van der Waals surface area (Å²) in [6, 6.07) is 6.93. The Hall–Kier alpha value is -2.74. The second kappa shape index (κ2) is 5.71. The van der Waals surface area contributed by atoms with Gasteiger partial charge in [0.25, 0.3) is 0 Å². The van der Waals surface area contributed by atoms with Gasteiger partial charge in [0.1, 0.15) is 12.0 Å². The average molecular weight is 287 g/mol. The summed E-state index contributed by atoms with van der Waals surface area (Å²) in [5, 5.41) is 8.87. The molecule has 0 atom stereocenters. The average Bonchev–Trinajstić information content (AvgIpc) is 2.44. The Kier molecular flexibility index (Phi) is 3.99. The summed E-state index contributed by atoms with van der Waals surface area (Å²) < 4.78 is 33.0. The van der Waals surface area contributed by atoms with Crippen LogP contribution in [0.15, 0.2) is 24.3 Å². The number of carbonyl (C=O) groups excluding carboxylic acids is 1. The highest BCUT2D eigenvalue weighted by Crippen LogP contribution is 2.33. The van der Waals surface area contributed by atoms with E-state index in [2.05, 4.69) is 0 Å². The van der Waals surface area contributed by atoms with Crippen LogP contribution < -0.4 is 4.74 Å². The van der Waals surface area contributed by atoms with Gasteiger partial charge in [-0.25, -0.2) is 8.78 Å². The maximum Gasteiger partial charge on any atom is 0.198 e. The Morgan fingerprint density at radius 1 is 1.05 bits per heavy atom. The van der Waals surface area contributed by atoms with Crippen molar-refractivity contribution in [2.45, 2.75) is 13.8 Å². The third-order valence-corrected chi connectivity index (χ3v) is 2.95. The molecule has 5 heteroatoms. The van der Waals surface area contributed by atoms with E-state index in [1.807, 2.05) is 6.07 Å². The predicted octanol–water partition coefficient (Wildman–Crippen LogP) is 4.06. The van der Waals surface area contributed by atoms with Gasteiger partial charge in [-0.2, -0.15) is 5.26 Å². The Morgan fingerprint density at radius 2 is 1.57 bits per heavy atom. The molecule has 0 heterocycles. The first kappa shape index (κ1) is 14.7. The van der Waals surface area contributed by atoms with E-state index >= 15 is 0 Å². The minimum atomic E-state index is -0.958. The molecule has 0 unspecified atom stereocenters. The Morgan fingerprint density at radius 3 is 2.00 bits per heavy atom. The molecule has 2 rings (SSSR count). The molecule has 0 bridgehead atoms. The summed E-state index contributed by atoms with van der Waals surface area (Å²) >= 11 is 0. The summed E-state index contributed by atoms with van der Waals surface area (Å²) in [7, 11) is 0. The van der Waals surface area contributed by atoms with Crippen LogP contribution in [0, 0.1) is 36.8 Å². The molecule has 2 aromatic carbocycles. The van der Waals surface area contributed by atoms with Gasteiger partial charge >= 0.3 is 0 Å². The van der Waals surface area contributed by atoms with Gasteiger partial charge in [0.05, 0.1) is 11.6 Å². The second-order valence-corrected chi connectivity index (χ2v) is 4.58. The third-order valence-electron chi connectivity index (χ3n) is 2.95. The summed E-state index contributed by atoms with van der Waals surface area (Å²) in [5.74, 6) is -2.21. The first-order valence-corrected chi connectivity index (χ1v) is 6.09. The van der Waals surface area contributed by atoms with Gasteiger partial charge in [-0.3, -0.25) is 4.79 Å². The third kappa shape index (κ3) is 2.90. The monoisotopic (exact) mass is 287 g/mol. The second-order valence-electron chi connectivity index (χ2n) is 4.58. The van der Waals surface area contributed by atoms with Crippen molar-refractivity contribution in [3.8, 4) is 17.6 Å². The number of halogens is 2. The number of hydrogen-bond donors (Lipinski definition) is 0. The fourth-order valence-corrected chi connectivity index (χ4v) is 2.02. The highest BCUT2D eigenvalue weighted by Gasteiger charge is 2.16. The number of benzene rings is 2. The number of hydrogen-bond acceptors (Lipinski definition) is 3. The zero-order valence-electron chi connectivity index (χ0n) is 11.4. The highest BCUT2D eigenvalue weighted by molar-refractivity contribution is 5.75. The summed E-state index contributed by atoms with van der Waals surface area (Å²) in [6.07, 6.45) is 0.355. The van der Waals surface area contributed by atoms with Crippen LogP contribution in [0.25, 0.3) is 0 Å². The van der Waals surface area contributed by atoms with Crippen molar-refractivity contribution in [2.75, 3.05) is 0 Å². The van der Waals surface area contributed by atoms with Crippen molar-refractivity contribution < 1.29 is 18.3 Å². The van der Waals surface area contributed by atoms with Crippen LogP contribution in [0.1, 0.15) is 27.0 Å². The number of nitriles is 1. The lowest BCUT2D eigenvalue weighted by Crippen LogP contribution is -1.98. The molecule has 3 nitrogen and oxygen atoms in total. The molecule has 106 valence electrons. The fourth-order valence-electron chi connectivity index (χ4n) is 2.02. The molecule has 0 aromatic heterocycles. The van der Waals surface area contributed by atoms with E-state index in [-0.39, 0.29) is 11.3 Å². The number of nitrogens with zero attached hydrogens (tertiary/aromatic N) is 1. The van der Waals surface area contributed by atoms with Crippen molar-refractivity contribution in [1.29, 1.82) is 5.26 Å². The fraction of sp³-hybridized carbons (Fsp3) is 0.125. The lowest BCUT2D eigenvalue weighted by molar-refractivity contribution is 0.112. The first-order chi connectivity index (χ1) is 9.96. The van der Waals surface area contributed by atoms with Gasteiger partial charge in [0, 0.05) is 5.56 Å². The SMILES string of the molecule is Cc1cc(C#N)cc(C)c1Oc1c(F)cc(C=O)cc1F. The smallest absolute Gasteiger partial charge is 0.198 e. The lowest BCUT2D eigenvalue weighted by Gasteiger charge is -2.13. The van der Waals surface area contributed by atoms with Crippen molar-refractivity contribution in [2.24, 2.45) is 0 Å². The number of ether oxygens (including phenoxy) is 1. The van der Waals surface area contributed by atoms with Crippen LogP contribution in [0.3, 0.4) is 0 Å². The van der Waals surface area contributed by atoms with Crippen LogP contribution in [0.5, 0.6) is 11.5 Å². The Balaban J connectivity index is 2.49.